The van der Waals surface area contributed by atoms with E-state index in [2.05, 4.69) is 264 Å². The number of nitrogens with zero attached hydrogens (tertiary/aromatic N) is 2. The van der Waals surface area contributed by atoms with Crippen molar-refractivity contribution in [2.24, 2.45) is 0 Å². The van der Waals surface area contributed by atoms with Gasteiger partial charge in [0.05, 0.1) is 11.0 Å². The van der Waals surface area contributed by atoms with Crippen LogP contribution in [0.15, 0.2) is 255 Å². The van der Waals surface area contributed by atoms with Gasteiger partial charge in [0.2, 0.25) is 0 Å². The van der Waals surface area contributed by atoms with E-state index in [0.29, 0.717) is 0 Å². The molecule has 0 aliphatic carbocycles. The van der Waals surface area contributed by atoms with Crippen molar-refractivity contribution in [2.75, 3.05) is 4.90 Å². The van der Waals surface area contributed by atoms with Gasteiger partial charge in [0, 0.05) is 33.5 Å². The number of para-hydroxylation sites is 1. The first-order chi connectivity index (χ1) is 31.7. The van der Waals surface area contributed by atoms with E-state index in [0.717, 1.165) is 22.7 Å². The number of benzene rings is 11. The summed E-state index contributed by atoms with van der Waals surface area (Å²) in [6.45, 7) is 0. The lowest BCUT2D eigenvalue weighted by Gasteiger charge is -2.27. The summed E-state index contributed by atoms with van der Waals surface area (Å²) in [6, 6.07) is 92.6. The van der Waals surface area contributed by atoms with Gasteiger partial charge in [-0.05, 0) is 121 Å². The number of anilines is 3. The standard InChI is InChI=1S/C62H42N2/c1-3-14-43(15-4-1)45-28-30-49(31-29-45)57-26-12-20-50-36-41-60-62(61(50)57)58-24-9-10-27-59(58)64(60)54-22-13-21-53(42-54)63(51-37-32-46(33-38-51)44-16-5-2-6-17-44)52-39-34-48(35-40-52)56-25-11-19-47-18-7-8-23-55(47)56/h1-42H. The molecule has 12 aromatic rings. The van der Waals surface area contributed by atoms with Crippen LogP contribution in [-0.2, 0) is 0 Å². The van der Waals surface area contributed by atoms with Gasteiger partial charge in [0.15, 0.2) is 0 Å². The molecule has 0 spiro atoms. The normalized spacial score (nSPS) is 11.4. The largest absolute Gasteiger partial charge is 0.310 e. The van der Waals surface area contributed by atoms with Gasteiger partial charge in [-0.25, -0.2) is 0 Å². The molecule has 0 aliphatic heterocycles. The van der Waals surface area contributed by atoms with Crippen LogP contribution >= 0.6 is 0 Å². The molecule has 2 heteroatoms. The lowest BCUT2D eigenvalue weighted by atomic mass is 9.93. The van der Waals surface area contributed by atoms with Crippen LogP contribution < -0.4 is 4.90 Å². The third kappa shape index (κ3) is 6.52. The molecular formula is C62H42N2. The van der Waals surface area contributed by atoms with Gasteiger partial charge < -0.3 is 9.47 Å². The molecule has 2 nitrogen and oxygen atoms in total. The minimum Gasteiger partial charge on any atom is -0.310 e. The predicted octanol–water partition coefficient (Wildman–Crippen LogP) is 17.2. The highest BCUT2D eigenvalue weighted by molar-refractivity contribution is 6.25. The molecule has 11 aromatic carbocycles. The van der Waals surface area contributed by atoms with E-state index >= 15 is 0 Å². The molecule has 1 heterocycles. The van der Waals surface area contributed by atoms with Crippen molar-refractivity contribution in [3.63, 3.8) is 0 Å². The van der Waals surface area contributed by atoms with Gasteiger partial charge in [-0.15, -0.1) is 0 Å². The summed E-state index contributed by atoms with van der Waals surface area (Å²) >= 11 is 0. The molecule has 0 unspecified atom stereocenters. The number of rotatable bonds is 8. The molecule has 0 saturated heterocycles. The van der Waals surface area contributed by atoms with E-state index < -0.39 is 0 Å². The second-order valence-corrected chi connectivity index (χ2v) is 16.5. The molecule has 0 atom stereocenters. The van der Waals surface area contributed by atoms with Crippen LogP contribution in [-0.4, -0.2) is 4.57 Å². The SMILES string of the molecule is c1ccc(-c2ccc(-c3cccc4ccc5c(c6ccccc6n5-c5cccc(N(c6ccc(-c7ccccc7)cc6)c6ccc(-c7cccc8ccccc78)cc6)c5)c34)cc2)cc1. The summed E-state index contributed by atoms with van der Waals surface area (Å²) in [4.78, 5) is 2.38. The van der Waals surface area contributed by atoms with Gasteiger partial charge in [0.25, 0.3) is 0 Å². The van der Waals surface area contributed by atoms with Crippen LogP contribution in [0.4, 0.5) is 17.1 Å². The lowest BCUT2D eigenvalue weighted by molar-refractivity contribution is 1.17. The maximum absolute atomic E-state index is 2.45. The predicted molar refractivity (Wildman–Crippen MR) is 272 cm³/mol. The Morgan fingerprint density at radius 2 is 0.766 bits per heavy atom. The topological polar surface area (TPSA) is 8.17 Å². The third-order valence-electron chi connectivity index (χ3n) is 12.8. The summed E-state index contributed by atoms with van der Waals surface area (Å²) in [7, 11) is 0. The fraction of sp³-hybridized carbons (Fsp3) is 0. The van der Waals surface area contributed by atoms with Gasteiger partial charge in [0.1, 0.15) is 0 Å². The fourth-order valence-electron chi connectivity index (χ4n) is 9.75. The Kier molecular flexibility index (Phi) is 9.20. The smallest absolute Gasteiger partial charge is 0.0547 e. The Bertz CT molecular complexity index is 3620. The Labute approximate surface area is 373 Å². The Morgan fingerprint density at radius 3 is 1.47 bits per heavy atom. The van der Waals surface area contributed by atoms with Crippen molar-refractivity contribution in [1.29, 1.82) is 0 Å². The molecule has 0 aliphatic rings. The molecule has 0 bridgehead atoms. The Hall–Kier alpha value is -8.46. The first-order valence-electron chi connectivity index (χ1n) is 22.0. The minimum absolute atomic E-state index is 1.08. The highest BCUT2D eigenvalue weighted by Gasteiger charge is 2.20. The van der Waals surface area contributed by atoms with E-state index in [1.807, 2.05) is 0 Å². The highest BCUT2D eigenvalue weighted by atomic mass is 15.1. The van der Waals surface area contributed by atoms with Gasteiger partial charge in [-0.2, -0.15) is 0 Å². The molecular weight excluding hydrogens is 773 g/mol. The van der Waals surface area contributed by atoms with Crippen LogP contribution in [0.3, 0.4) is 0 Å². The van der Waals surface area contributed by atoms with Crippen LogP contribution in [0.5, 0.6) is 0 Å². The maximum Gasteiger partial charge on any atom is 0.0547 e. The summed E-state index contributed by atoms with van der Waals surface area (Å²) in [6.07, 6.45) is 0. The third-order valence-corrected chi connectivity index (χ3v) is 12.8. The molecule has 0 radical (unpaired) electrons. The zero-order valence-electron chi connectivity index (χ0n) is 35.1. The van der Waals surface area contributed by atoms with Crippen molar-refractivity contribution in [3.05, 3.63) is 255 Å². The zero-order chi connectivity index (χ0) is 42.4. The molecule has 12 rings (SSSR count). The van der Waals surface area contributed by atoms with Crippen molar-refractivity contribution in [2.45, 2.75) is 0 Å². The summed E-state index contributed by atoms with van der Waals surface area (Å²) in [5, 5.41) is 7.49. The molecule has 300 valence electrons. The van der Waals surface area contributed by atoms with Gasteiger partial charge in [-0.1, -0.05) is 200 Å². The van der Waals surface area contributed by atoms with Crippen molar-refractivity contribution in [3.8, 4) is 50.2 Å². The molecule has 64 heavy (non-hydrogen) atoms. The van der Waals surface area contributed by atoms with Crippen LogP contribution in [0.25, 0.3) is 93.5 Å². The lowest BCUT2D eigenvalue weighted by Crippen LogP contribution is -2.10. The van der Waals surface area contributed by atoms with Gasteiger partial charge in [-0.3, -0.25) is 0 Å². The van der Waals surface area contributed by atoms with E-state index in [-0.39, 0.29) is 0 Å². The Morgan fingerprint density at radius 1 is 0.266 bits per heavy atom. The number of hydrogen-bond donors (Lipinski definition) is 0. The number of fused-ring (bicyclic) bond motifs is 6. The first-order valence-corrected chi connectivity index (χ1v) is 22.0. The number of aromatic nitrogens is 1. The summed E-state index contributed by atoms with van der Waals surface area (Å²) in [5.74, 6) is 0. The molecule has 0 saturated carbocycles. The Balaban J connectivity index is 1.01. The summed E-state index contributed by atoms with van der Waals surface area (Å²) in [5.41, 5.74) is 16.4. The fourth-order valence-corrected chi connectivity index (χ4v) is 9.75. The average Bonchev–Trinajstić information content (AvgIpc) is 3.72. The second-order valence-electron chi connectivity index (χ2n) is 16.5. The van der Waals surface area contributed by atoms with Gasteiger partial charge >= 0.3 is 0 Å². The van der Waals surface area contributed by atoms with E-state index in [9.17, 15) is 0 Å². The van der Waals surface area contributed by atoms with Crippen LogP contribution in [0.1, 0.15) is 0 Å². The quantitative estimate of drug-likeness (QED) is 0.148. The van der Waals surface area contributed by atoms with Crippen molar-refractivity contribution in [1.82, 2.24) is 4.57 Å². The van der Waals surface area contributed by atoms with E-state index in [1.165, 1.54) is 87.9 Å². The van der Waals surface area contributed by atoms with E-state index in [4.69, 9.17) is 0 Å². The molecule has 0 fully saturated rings. The average molecular weight is 815 g/mol. The van der Waals surface area contributed by atoms with Crippen LogP contribution in [0, 0.1) is 0 Å². The molecule has 1 aromatic heterocycles. The minimum atomic E-state index is 1.08. The number of hydrogen-bond acceptors (Lipinski definition) is 1. The highest BCUT2D eigenvalue weighted by Crippen LogP contribution is 2.43. The molecule has 0 amide bonds. The summed E-state index contributed by atoms with van der Waals surface area (Å²) < 4.78 is 2.45. The van der Waals surface area contributed by atoms with E-state index in [1.54, 1.807) is 0 Å². The zero-order valence-corrected chi connectivity index (χ0v) is 35.1. The molecule has 0 N–H and O–H groups in total. The van der Waals surface area contributed by atoms with Crippen LogP contribution in [0.2, 0.25) is 0 Å². The monoisotopic (exact) mass is 814 g/mol. The first kappa shape index (κ1) is 37.3. The van der Waals surface area contributed by atoms with Crippen molar-refractivity contribution >= 4 is 60.4 Å². The maximum atomic E-state index is 2.45. The van der Waals surface area contributed by atoms with Crippen molar-refractivity contribution < 1.29 is 0 Å². The second kappa shape index (κ2) is 15.8.